The first-order valence-corrected chi connectivity index (χ1v) is 8.52. The van der Waals surface area contributed by atoms with Crippen LogP contribution in [0.25, 0.3) is 0 Å². The quantitative estimate of drug-likeness (QED) is 0.808. The van der Waals surface area contributed by atoms with Gasteiger partial charge in [-0.1, -0.05) is 32.0 Å². The lowest BCUT2D eigenvalue weighted by Crippen LogP contribution is -2.22. The average molecular weight is 339 g/mol. The van der Waals surface area contributed by atoms with Crippen molar-refractivity contribution >= 4 is 23.2 Å². The van der Waals surface area contributed by atoms with Crippen LogP contribution >= 0.6 is 0 Å². The molecule has 0 heterocycles. The molecule has 0 atom stereocenters. The molecule has 0 spiro atoms. The fraction of sp³-hybridized carbons (Fsp3) is 0.300. The summed E-state index contributed by atoms with van der Waals surface area (Å²) in [4.78, 5) is 26.1. The standard InChI is InChI=1S/C20H25N3O2/c1-4-23(5-2)14-16-11-18(21-15(3)24)13-19(12-16)22-20(25)17-9-7-6-8-10-17/h6-13H,4-5,14H2,1-3H3,(H,21,24)(H,22,25). The fourth-order valence-electron chi connectivity index (χ4n) is 2.63. The summed E-state index contributed by atoms with van der Waals surface area (Å²) >= 11 is 0. The Morgan fingerprint density at radius 2 is 1.52 bits per heavy atom. The molecule has 25 heavy (non-hydrogen) atoms. The van der Waals surface area contributed by atoms with Gasteiger partial charge in [-0.25, -0.2) is 0 Å². The van der Waals surface area contributed by atoms with E-state index in [0.29, 0.717) is 16.9 Å². The van der Waals surface area contributed by atoms with Crippen LogP contribution < -0.4 is 10.6 Å². The van der Waals surface area contributed by atoms with Gasteiger partial charge in [-0.2, -0.15) is 0 Å². The predicted octanol–water partition coefficient (Wildman–Crippen LogP) is 3.74. The molecule has 0 saturated carbocycles. The van der Waals surface area contributed by atoms with Gasteiger partial charge in [-0.05, 0) is 49.0 Å². The zero-order valence-electron chi connectivity index (χ0n) is 15.0. The predicted molar refractivity (Wildman–Crippen MR) is 102 cm³/mol. The summed E-state index contributed by atoms with van der Waals surface area (Å²) in [6.45, 7) is 8.32. The highest BCUT2D eigenvalue weighted by Gasteiger charge is 2.09. The molecule has 0 unspecified atom stereocenters. The van der Waals surface area contributed by atoms with E-state index in [4.69, 9.17) is 0 Å². The van der Waals surface area contributed by atoms with E-state index in [1.54, 1.807) is 18.2 Å². The van der Waals surface area contributed by atoms with Crippen molar-refractivity contribution in [3.63, 3.8) is 0 Å². The molecule has 0 aliphatic rings. The number of carbonyl (C=O) groups excluding carboxylic acids is 2. The maximum absolute atomic E-state index is 12.4. The van der Waals surface area contributed by atoms with Gasteiger partial charge in [-0.3, -0.25) is 14.5 Å². The van der Waals surface area contributed by atoms with Crippen LogP contribution in [0.1, 0.15) is 36.7 Å². The molecule has 0 aliphatic heterocycles. The summed E-state index contributed by atoms with van der Waals surface area (Å²) in [5.41, 5.74) is 2.99. The third-order valence-electron chi connectivity index (χ3n) is 3.91. The number of hydrogen-bond donors (Lipinski definition) is 2. The molecule has 2 aromatic rings. The van der Waals surface area contributed by atoms with Gasteiger partial charge in [0.05, 0.1) is 0 Å². The van der Waals surface area contributed by atoms with E-state index in [1.165, 1.54) is 6.92 Å². The topological polar surface area (TPSA) is 61.4 Å². The number of nitrogens with zero attached hydrogens (tertiary/aromatic N) is 1. The molecule has 0 aromatic heterocycles. The number of hydrogen-bond acceptors (Lipinski definition) is 3. The SMILES string of the molecule is CCN(CC)Cc1cc(NC(C)=O)cc(NC(=O)c2ccccc2)c1. The monoisotopic (exact) mass is 339 g/mol. The van der Waals surface area contributed by atoms with Crippen molar-refractivity contribution in [1.82, 2.24) is 4.90 Å². The molecule has 2 rings (SSSR count). The molecule has 0 saturated heterocycles. The third kappa shape index (κ3) is 5.72. The highest BCUT2D eigenvalue weighted by atomic mass is 16.2. The van der Waals surface area contributed by atoms with Gasteiger partial charge >= 0.3 is 0 Å². The van der Waals surface area contributed by atoms with Crippen molar-refractivity contribution in [1.29, 1.82) is 0 Å². The number of benzene rings is 2. The van der Waals surface area contributed by atoms with Crippen LogP contribution in [0.15, 0.2) is 48.5 Å². The van der Waals surface area contributed by atoms with Crippen molar-refractivity contribution in [3.05, 3.63) is 59.7 Å². The fourth-order valence-corrected chi connectivity index (χ4v) is 2.63. The van der Waals surface area contributed by atoms with Crippen molar-refractivity contribution < 1.29 is 9.59 Å². The van der Waals surface area contributed by atoms with Crippen LogP contribution in [0.4, 0.5) is 11.4 Å². The average Bonchev–Trinajstić information content (AvgIpc) is 2.59. The second kappa shape index (κ2) is 8.99. The highest BCUT2D eigenvalue weighted by molar-refractivity contribution is 6.04. The van der Waals surface area contributed by atoms with Crippen LogP contribution in [-0.2, 0) is 11.3 Å². The third-order valence-corrected chi connectivity index (χ3v) is 3.91. The van der Waals surface area contributed by atoms with Crippen LogP contribution in [0.3, 0.4) is 0 Å². The first-order chi connectivity index (χ1) is 12.0. The molecular weight excluding hydrogens is 314 g/mol. The maximum Gasteiger partial charge on any atom is 0.255 e. The van der Waals surface area contributed by atoms with Crippen molar-refractivity contribution in [2.45, 2.75) is 27.3 Å². The Bertz CT molecular complexity index is 725. The van der Waals surface area contributed by atoms with Gasteiger partial charge in [-0.15, -0.1) is 0 Å². The Labute approximate surface area is 149 Å². The first kappa shape index (κ1) is 18.7. The minimum absolute atomic E-state index is 0.139. The Morgan fingerprint density at radius 3 is 2.08 bits per heavy atom. The normalized spacial score (nSPS) is 10.6. The number of carbonyl (C=O) groups is 2. The number of anilines is 2. The van der Waals surface area contributed by atoms with Gasteiger partial charge < -0.3 is 10.6 Å². The van der Waals surface area contributed by atoms with E-state index in [9.17, 15) is 9.59 Å². The summed E-state index contributed by atoms with van der Waals surface area (Å²) in [6, 6.07) is 14.7. The lowest BCUT2D eigenvalue weighted by molar-refractivity contribution is -0.114. The van der Waals surface area contributed by atoms with E-state index >= 15 is 0 Å². The Balaban J connectivity index is 2.25. The number of amides is 2. The van der Waals surface area contributed by atoms with Gasteiger partial charge in [0, 0.05) is 30.4 Å². The molecule has 2 amide bonds. The molecule has 0 aliphatic carbocycles. The van der Waals surface area contributed by atoms with Gasteiger partial charge in [0.15, 0.2) is 0 Å². The molecule has 5 heteroatoms. The molecule has 132 valence electrons. The minimum Gasteiger partial charge on any atom is -0.326 e. The Hall–Kier alpha value is -2.66. The van der Waals surface area contributed by atoms with Crippen molar-refractivity contribution in [3.8, 4) is 0 Å². The van der Waals surface area contributed by atoms with E-state index in [-0.39, 0.29) is 11.8 Å². The van der Waals surface area contributed by atoms with Crippen LogP contribution in [0.5, 0.6) is 0 Å². The summed E-state index contributed by atoms with van der Waals surface area (Å²) in [6.07, 6.45) is 0. The second-order valence-corrected chi connectivity index (χ2v) is 5.88. The zero-order valence-corrected chi connectivity index (χ0v) is 15.0. The largest absolute Gasteiger partial charge is 0.326 e. The molecule has 2 N–H and O–H groups in total. The number of rotatable bonds is 7. The molecule has 0 fully saturated rings. The summed E-state index contributed by atoms with van der Waals surface area (Å²) in [5.74, 6) is -0.310. The molecule has 5 nitrogen and oxygen atoms in total. The molecule has 0 bridgehead atoms. The van der Waals surface area contributed by atoms with Crippen molar-refractivity contribution in [2.75, 3.05) is 23.7 Å². The summed E-state index contributed by atoms with van der Waals surface area (Å²) in [5, 5.41) is 5.71. The number of nitrogens with one attached hydrogen (secondary N) is 2. The van der Waals surface area contributed by atoms with E-state index in [0.717, 1.165) is 25.2 Å². The lowest BCUT2D eigenvalue weighted by Gasteiger charge is -2.19. The van der Waals surface area contributed by atoms with Crippen molar-refractivity contribution in [2.24, 2.45) is 0 Å². The smallest absolute Gasteiger partial charge is 0.255 e. The first-order valence-electron chi connectivity index (χ1n) is 8.52. The van der Waals surface area contributed by atoms with E-state index in [1.807, 2.05) is 30.3 Å². The maximum atomic E-state index is 12.4. The van der Waals surface area contributed by atoms with E-state index in [2.05, 4.69) is 29.4 Å². The van der Waals surface area contributed by atoms with E-state index < -0.39 is 0 Å². The summed E-state index contributed by atoms with van der Waals surface area (Å²) in [7, 11) is 0. The van der Waals surface area contributed by atoms with Gasteiger partial charge in [0.2, 0.25) is 5.91 Å². The highest BCUT2D eigenvalue weighted by Crippen LogP contribution is 2.21. The zero-order chi connectivity index (χ0) is 18.2. The Kier molecular flexibility index (Phi) is 6.71. The Morgan fingerprint density at radius 1 is 0.920 bits per heavy atom. The van der Waals surface area contributed by atoms with Crippen LogP contribution in [0.2, 0.25) is 0 Å². The minimum atomic E-state index is -0.172. The lowest BCUT2D eigenvalue weighted by atomic mass is 10.1. The molecule has 2 aromatic carbocycles. The molecular formula is C20H25N3O2. The molecule has 0 radical (unpaired) electrons. The van der Waals surface area contributed by atoms with Gasteiger partial charge in [0.25, 0.3) is 5.91 Å². The van der Waals surface area contributed by atoms with Crippen LogP contribution in [0, 0.1) is 0 Å². The summed E-state index contributed by atoms with van der Waals surface area (Å²) < 4.78 is 0. The van der Waals surface area contributed by atoms with Gasteiger partial charge in [0.1, 0.15) is 0 Å². The second-order valence-electron chi connectivity index (χ2n) is 5.88. The van der Waals surface area contributed by atoms with Crippen LogP contribution in [-0.4, -0.2) is 29.8 Å².